The minimum absolute atomic E-state index is 0.0539. The number of amides is 1. The lowest BCUT2D eigenvalue weighted by atomic mass is 10.2. The van der Waals surface area contributed by atoms with E-state index in [0.29, 0.717) is 11.3 Å². The van der Waals surface area contributed by atoms with Gasteiger partial charge in [0.1, 0.15) is 10.8 Å². The lowest BCUT2D eigenvalue weighted by Crippen LogP contribution is -2.11. The first-order valence-corrected chi connectivity index (χ1v) is 8.06. The number of nitro groups is 1. The second-order valence-corrected chi connectivity index (χ2v) is 5.78. The molecule has 0 aliphatic carbocycles. The number of anilines is 2. The number of aromatic nitrogens is 1. The fourth-order valence-electron chi connectivity index (χ4n) is 2.27. The summed E-state index contributed by atoms with van der Waals surface area (Å²) in [7, 11) is 0. The molecule has 3 aromatic rings. The fraction of sp³-hybridized carbons (Fsp3) is 0. The molecular weight excluding hydrogens is 372 g/mol. The molecule has 136 valence electrons. The van der Waals surface area contributed by atoms with E-state index in [1.165, 1.54) is 30.5 Å². The van der Waals surface area contributed by atoms with E-state index >= 15 is 0 Å². The number of pyridine rings is 1. The van der Waals surface area contributed by atoms with Crippen molar-refractivity contribution in [3.8, 4) is 11.5 Å². The Hall–Kier alpha value is -3.65. The van der Waals surface area contributed by atoms with Crippen LogP contribution in [0, 0.1) is 10.1 Å². The number of carbonyl (C=O) groups is 1. The monoisotopic (exact) mass is 384 g/mol. The number of hydrogen-bond donors (Lipinski definition) is 2. The zero-order chi connectivity index (χ0) is 19.4. The van der Waals surface area contributed by atoms with Gasteiger partial charge in [-0.25, -0.2) is 4.98 Å². The average molecular weight is 385 g/mol. The standard InChI is InChI=1S/C18H13ClN4O4/c19-14-10-21-17(20)15(23(25)26)16(14)27-13-8-6-11(7-9-13)18(24)22-12-4-2-1-3-5-12/h1-10H,(H2,20,21)(H,22,24). The van der Waals surface area contributed by atoms with Crippen molar-refractivity contribution in [1.29, 1.82) is 0 Å². The number of ether oxygens (including phenoxy) is 1. The number of halogens is 1. The van der Waals surface area contributed by atoms with Crippen LogP contribution in [0.25, 0.3) is 0 Å². The van der Waals surface area contributed by atoms with Crippen LogP contribution in [0.1, 0.15) is 10.4 Å². The molecule has 9 heteroatoms. The molecule has 27 heavy (non-hydrogen) atoms. The predicted octanol–water partition coefficient (Wildman–Crippen LogP) is 4.27. The first-order chi connectivity index (χ1) is 13.0. The fourth-order valence-corrected chi connectivity index (χ4v) is 2.44. The summed E-state index contributed by atoms with van der Waals surface area (Å²) in [6.45, 7) is 0. The van der Waals surface area contributed by atoms with Crippen molar-refractivity contribution in [2.45, 2.75) is 0 Å². The lowest BCUT2D eigenvalue weighted by molar-refractivity contribution is -0.384. The Morgan fingerprint density at radius 3 is 2.44 bits per heavy atom. The van der Waals surface area contributed by atoms with Gasteiger partial charge in [0.2, 0.25) is 11.6 Å². The van der Waals surface area contributed by atoms with Crippen LogP contribution >= 0.6 is 11.6 Å². The van der Waals surface area contributed by atoms with Gasteiger partial charge in [-0.2, -0.15) is 0 Å². The Kier molecular flexibility index (Phi) is 5.18. The van der Waals surface area contributed by atoms with Crippen molar-refractivity contribution >= 4 is 34.7 Å². The molecule has 0 saturated heterocycles. The summed E-state index contributed by atoms with van der Waals surface area (Å²) >= 11 is 5.96. The van der Waals surface area contributed by atoms with Crippen LogP contribution in [0.2, 0.25) is 5.02 Å². The van der Waals surface area contributed by atoms with Gasteiger partial charge in [0, 0.05) is 11.3 Å². The number of rotatable bonds is 5. The Morgan fingerprint density at radius 1 is 1.15 bits per heavy atom. The van der Waals surface area contributed by atoms with Gasteiger partial charge in [-0.1, -0.05) is 29.8 Å². The summed E-state index contributed by atoms with van der Waals surface area (Å²) in [5.41, 5.74) is 6.07. The second-order valence-electron chi connectivity index (χ2n) is 5.37. The van der Waals surface area contributed by atoms with Gasteiger partial charge in [0.25, 0.3) is 5.91 Å². The van der Waals surface area contributed by atoms with Crippen LogP contribution in [0.4, 0.5) is 17.2 Å². The third-order valence-electron chi connectivity index (χ3n) is 3.54. The molecule has 8 nitrogen and oxygen atoms in total. The van der Waals surface area contributed by atoms with Crippen LogP contribution in [-0.2, 0) is 0 Å². The molecule has 0 bridgehead atoms. The van der Waals surface area contributed by atoms with E-state index in [1.807, 2.05) is 18.2 Å². The predicted molar refractivity (Wildman–Crippen MR) is 101 cm³/mol. The number of nitrogens with one attached hydrogen (secondary N) is 1. The third kappa shape index (κ3) is 4.13. The van der Waals surface area contributed by atoms with Crippen molar-refractivity contribution in [2.24, 2.45) is 0 Å². The van der Waals surface area contributed by atoms with Crippen molar-refractivity contribution in [3.05, 3.63) is 81.5 Å². The first kappa shape index (κ1) is 18.2. The molecule has 0 atom stereocenters. The number of nitrogen functional groups attached to an aromatic ring is 1. The first-order valence-electron chi connectivity index (χ1n) is 7.68. The maximum absolute atomic E-state index is 12.2. The molecule has 1 aromatic heterocycles. The summed E-state index contributed by atoms with van der Waals surface area (Å²) in [4.78, 5) is 26.4. The Balaban J connectivity index is 1.80. The van der Waals surface area contributed by atoms with Crippen LogP contribution in [0.5, 0.6) is 11.5 Å². The number of nitrogens with two attached hydrogens (primary N) is 1. The van der Waals surface area contributed by atoms with Gasteiger partial charge in [-0.3, -0.25) is 14.9 Å². The molecule has 0 aliphatic heterocycles. The lowest BCUT2D eigenvalue weighted by Gasteiger charge is -2.10. The Labute approximate surface area is 158 Å². The van der Waals surface area contributed by atoms with Crippen LogP contribution in [0.3, 0.4) is 0 Å². The van der Waals surface area contributed by atoms with Crippen molar-refractivity contribution in [3.63, 3.8) is 0 Å². The Bertz CT molecular complexity index is 994. The van der Waals surface area contributed by atoms with Gasteiger partial charge in [0.05, 0.1) is 11.1 Å². The summed E-state index contributed by atoms with van der Waals surface area (Å²) in [6, 6.07) is 15.0. The maximum Gasteiger partial charge on any atom is 0.354 e. The quantitative estimate of drug-likeness (QED) is 0.500. The van der Waals surface area contributed by atoms with Crippen LogP contribution < -0.4 is 15.8 Å². The third-order valence-corrected chi connectivity index (χ3v) is 3.81. The molecule has 0 spiro atoms. The topological polar surface area (TPSA) is 120 Å². The van der Waals surface area contributed by atoms with Crippen LogP contribution in [-0.4, -0.2) is 15.8 Å². The van der Waals surface area contributed by atoms with E-state index in [2.05, 4.69) is 10.3 Å². The number of carbonyl (C=O) groups excluding carboxylic acids is 1. The zero-order valence-electron chi connectivity index (χ0n) is 13.8. The molecule has 0 radical (unpaired) electrons. The molecular formula is C18H13ClN4O4. The van der Waals surface area contributed by atoms with Gasteiger partial charge < -0.3 is 15.8 Å². The molecule has 0 unspecified atom stereocenters. The largest absolute Gasteiger partial charge is 0.448 e. The second kappa shape index (κ2) is 7.71. The van der Waals surface area contributed by atoms with Gasteiger partial charge in [-0.15, -0.1) is 0 Å². The molecule has 1 amide bonds. The maximum atomic E-state index is 12.2. The zero-order valence-corrected chi connectivity index (χ0v) is 14.5. The Morgan fingerprint density at radius 2 is 1.81 bits per heavy atom. The van der Waals surface area contributed by atoms with E-state index in [1.54, 1.807) is 12.1 Å². The van der Waals surface area contributed by atoms with Crippen molar-refractivity contribution in [1.82, 2.24) is 4.98 Å². The number of nitrogens with zero attached hydrogens (tertiary/aromatic N) is 2. The molecule has 3 rings (SSSR count). The van der Waals surface area contributed by atoms with E-state index in [9.17, 15) is 14.9 Å². The van der Waals surface area contributed by atoms with E-state index in [-0.39, 0.29) is 28.2 Å². The summed E-state index contributed by atoms with van der Waals surface area (Å²) < 4.78 is 5.51. The number of hydrogen-bond acceptors (Lipinski definition) is 6. The van der Waals surface area contributed by atoms with Gasteiger partial charge in [-0.05, 0) is 36.4 Å². The van der Waals surface area contributed by atoms with Gasteiger partial charge >= 0.3 is 5.69 Å². The highest BCUT2D eigenvalue weighted by Crippen LogP contribution is 2.40. The average Bonchev–Trinajstić information content (AvgIpc) is 2.66. The summed E-state index contributed by atoms with van der Waals surface area (Å²) in [5.74, 6) is -0.569. The molecule has 3 N–H and O–H groups in total. The molecule has 0 aliphatic rings. The molecule has 0 saturated carbocycles. The smallest absolute Gasteiger partial charge is 0.354 e. The minimum Gasteiger partial charge on any atom is -0.448 e. The van der Waals surface area contributed by atoms with E-state index in [4.69, 9.17) is 22.1 Å². The normalized spacial score (nSPS) is 10.3. The summed E-state index contributed by atoms with van der Waals surface area (Å²) in [6.07, 6.45) is 1.17. The molecule has 1 heterocycles. The van der Waals surface area contributed by atoms with Gasteiger partial charge in [0.15, 0.2) is 0 Å². The van der Waals surface area contributed by atoms with Crippen LogP contribution in [0.15, 0.2) is 60.8 Å². The number of benzene rings is 2. The molecule has 0 fully saturated rings. The van der Waals surface area contributed by atoms with E-state index < -0.39 is 10.6 Å². The van der Waals surface area contributed by atoms with E-state index in [0.717, 1.165) is 0 Å². The SMILES string of the molecule is Nc1ncc(Cl)c(Oc2ccc(C(=O)Nc3ccccc3)cc2)c1[N+](=O)[O-]. The number of para-hydroxylation sites is 1. The highest BCUT2D eigenvalue weighted by atomic mass is 35.5. The van der Waals surface area contributed by atoms with Crippen molar-refractivity contribution in [2.75, 3.05) is 11.1 Å². The van der Waals surface area contributed by atoms with Crippen molar-refractivity contribution < 1.29 is 14.5 Å². The highest BCUT2D eigenvalue weighted by molar-refractivity contribution is 6.32. The molecule has 2 aromatic carbocycles. The minimum atomic E-state index is -0.717. The highest BCUT2D eigenvalue weighted by Gasteiger charge is 2.25. The summed E-state index contributed by atoms with van der Waals surface area (Å²) in [5, 5.41) is 13.9.